The van der Waals surface area contributed by atoms with Crippen molar-refractivity contribution in [3.05, 3.63) is 161 Å². The molecule has 0 radical (unpaired) electrons. The van der Waals surface area contributed by atoms with Gasteiger partial charge in [-0.2, -0.15) is 0 Å². The van der Waals surface area contributed by atoms with Gasteiger partial charge in [0.25, 0.3) is 0 Å². The third kappa shape index (κ3) is 4.18. The highest BCUT2D eigenvalue weighted by atomic mass is 16.3. The summed E-state index contributed by atoms with van der Waals surface area (Å²) in [5.74, 6) is 0. The minimum atomic E-state index is -0.192. The van der Waals surface area contributed by atoms with Crippen LogP contribution in [-0.4, -0.2) is 0 Å². The predicted molar refractivity (Wildman–Crippen MR) is 220 cm³/mol. The van der Waals surface area contributed by atoms with Gasteiger partial charge in [0.2, 0.25) is 0 Å². The summed E-state index contributed by atoms with van der Waals surface area (Å²) in [5.41, 5.74) is 17.1. The Balaban J connectivity index is 1.17. The van der Waals surface area contributed by atoms with Crippen molar-refractivity contribution in [2.45, 2.75) is 64.7 Å². The van der Waals surface area contributed by atoms with Crippen LogP contribution in [0.25, 0.3) is 55.0 Å². The molecule has 1 aromatic heterocycles. The van der Waals surface area contributed by atoms with E-state index in [4.69, 9.17) is 4.42 Å². The van der Waals surface area contributed by atoms with E-state index in [-0.39, 0.29) is 16.2 Å². The maximum Gasteiger partial charge on any atom is 0.159 e. The second kappa shape index (κ2) is 10.5. The molecule has 2 aliphatic carbocycles. The maximum absolute atomic E-state index is 6.93. The van der Waals surface area contributed by atoms with Gasteiger partial charge in [0, 0.05) is 38.5 Å². The lowest BCUT2D eigenvalue weighted by Crippen LogP contribution is -2.17. The summed E-state index contributed by atoms with van der Waals surface area (Å²) in [6.07, 6.45) is 0. The number of rotatable bonds is 3. The van der Waals surface area contributed by atoms with Crippen LogP contribution in [0.15, 0.2) is 138 Å². The van der Waals surface area contributed by atoms with E-state index >= 15 is 0 Å². The van der Waals surface area contributed by atoms with Gasteiger partial charge in [-0.05, 0) is 103 Å². The van der Waals surface area contributed by atoms with Crippen LogP contribution >= 0.6 is 0 Å². The van der Waals surface area contributed by atoms with E-state index in [0.717, 1.165) is 39.0 Å². The average Bonchev–Trinajstić information content (AvgIpc) is 3.71. The molecule has 52 heavy (non-hydrogen) atoms. The molecule has 0 unspecified atom stereocenters. The highest BCUT2D eigenvalue weighted by Crippen LogP contribution is 2.58. The molecule has 2 nitrogen and oxygen atoms in total. The largest absolute Gasteiger partial charge is 0.454 e. The third-order valence-corrected chi connectivity index (χ3v) is 12.2. The highest BCUT2D eigenvalue weighted by Gasteiger charge is 2.42. The molecule has 7 aromatic carbocycles. The molecule has 2 heteroatoms. The second-order valence-corrected chi connectivity index (χ2v) is 17.0. The van der Waals surface area contributed by atoms with E-state index in [1.165, 1.54) is 60.8 Å². The number of furan rings is 1. The first-order chi connectivity index (χ1) is 24.9. The van der Waals surface area contributed by atoms with E-state index in [9.17, 15) is 0 Å². The molecule has 1 heterocycles. The molecule has 0 spiro atoms. The quantitative estimate of drug-likeness (QED) is 0.186. The summed E-state index contributed by atoms with van der Waals surface area (Å²) in [5, 5.41) is 4.94. The highest BCUT2D eigenvalue weighted by molar-refractivity contribution is 6.11. The number of hydrogen-bond donors (Lipinski definition) is 0. The van der Waals surface area contributed by atoms with E-state index in [1.807, 2.05) is 0 Å². The van der Waals surface area contributed by atoms with Gasteiger partial charge in [-0.1, -0.05) is 139 Å². The van der Waals surface area contributed by atoms with Gasteiger partial charge in [-0.3, -0.25) is 0 Å². The van der Waals surface area contributed by atoms with Crippen molar-refractivity contribution in [1.82, 2.24) is 0 Å². The summed E-state index contributed by atoms with van der Waals surface area (Å²) in [6.45, 7) is 16.4. The lowest BCUT2D eigenvalue weighted by molar-refractivity contribution is 0.573. The molecule has 0 atom stereocenters. The molecule has 0 aliphatic heterocycles. The van der Waals surface area contributed by atoms with Crippen molar-refractivity contribution in [2.75, 3.05) is 4.90 Å². The zero-order valence-corrected chi connectivity index (χ0v) is 31.1. The molecule has 10 rings (SSSR count). The van der Waals surface area contributed by atoms with Crippen molar-refractivity contribution in [3.8, 4) is 22.3 Å². The SMILES string of the molecule is CC(C)(C)c1cccc2c1oc1c(N(c3ccccc3)c3ccc4c(c3)C(C)(C)c3cc5c(cc3-4)C(C)(C)c3ccc4ccccc4c3-5)cccc12. The molecular weight excluding hydrogens is 631 g/mol. The van der Waals surface area contributed by atoms with Gasteiger partial charge in [-0.25, -0.2) is 0 Å². The van der Waals surface area contributed by atoms with E-state index < -0.39 is 0 Å². The lowest BCUT2D eigenvalue weighted by atomic mass is 9.79. The van der Waals surface area contributed by atoms with Crippen molar-refractivity contribution in [3.63, 3.8) is 0 Å². The number of hydrogen-bond acceptors (Lipinski definition) is 2. The first kappa shape index (κ1) is 31.2. The summed E-state index contributed by atoms with van der Waals surface area (Å²) in [4.78, 5) is 2.38. The van der Waals surface area contributed by atoms with Crippen molar-refractivity contribution in [1.29, 1.82) is 0 Å². The van der Waals surface area contributed by atoms with Gasteiger partial charge < -0.3 is 9.32 Å². The van der Waals surface area contributed by atoms with E-state index in [0.29, 0.717) is 0 Å². The molecule has 2 aliphatic rings. The average molecular weight is 674 g/mol. The fraction of sp³-hybridized carbons (Fsp3) is 0.200. The Bertz CT molecular complexity index is 2770. The fourth-order valence-electron chi connectivity index (χ4n) is 9.44. The Morgan fingerprint density at radius 2 is 1.12 bits per heavy atom. The topological polar surface area (TPSA) is 16.4 Å². The first-order valence-electron chi connectivity index (χ1n) is 18.6. The Labute approximate surface area is 306 Å². The molecular formula is C50H43NO. The van der Waals surface area contributed by atoms with Gasteiger partial charge in [0.15, 0.2) is 5.58 Å². The van der Waals surface area contributed by atoms with Gasteiger partial charge in [-0.15, -0.1) is 0 Å². The number of benzene rings is 7. The van der Waals surface area contributed by atoms with Crippen LogP contribution < -0.4 is 4.90 Å². The van der Waals surface area contributed by atoms with Crippen molar-refractivity contribution in [2.24, 2.45) is 0 Å². The minimum Gasteiger partial charge on any atom is -0.454 e. The third-order valence-electron chi connectivity index (χ3n) is 12.2. The summed E-state index contributed by atoms with van der Waals surface area (Å²) >= 11 is 0. The molecule has 0 fully saturated rings. The maximum atomic E-state index is 6.93. The zero-order valence-electron chi connectivity index (χ0n) is 31.1. The lowest BCUT2D eigenvalue weighted by Gasteiger charge is -2.28. The summed E-state index contributed by atoms with van der Waals surface area (Å²) < 4.78 is 6.93. The Kier molecular flexibility index (Phi) is 6.28. The zero-order chi connectivity index (χ0) is 35.7. The van der Waals surface area contributed by atoms with Crippen molar-refractivity contribution < 1.29 is 4.42 Å². The fourth-order valence-corrected chi connectivity index (χ4v) is 9.44. The molecule has 0 bridgehead atoms. The Hall–Kier alpha value is -5.60. The summed E-state index contributed by atoms with van der Waals surface area (Å²) in [7, 11) is 0. The monoisotopic (exact) mass is 673 g/mol. The molecule has 254 valence electrons. The second-order valence-electron chi connectivity index (χ2n) is 17.0. The molecule has 0 N–H and O–H groups in total. The first-order valence-corrected chi connectivity index (χ1v) is 18.6. The van der Waals surface area contributed by atoms with Gasteiger partial charge >= 0.3 is 0 Å². The van der Waals surface area contributed by atoms with E-state index in [1.54, 1.807) is 0 Å². The van der Waals surface area contributed by atoms with Gasteiger partial charge in [0.05, 0.1) is 5.69 Å². The Morgan fingerprint density at radius 1 is 0.481 bits per heavy atom. The number of nitrogens with zero attached hydrogens (tertiary/aromatic N) is 1. The van der Waals surface area contributed by atoms with Crippen LogP contribution in [0.3, 0.4) is 0 Å². The van der Waals surface area contributed by atoms with Crippen LogP contribution in [0.5, 0.6) is 0 Å². The van der Waals surface area contributed by atoms with Crippen LogP contribution in [0.1, 0.15) is 76.3 Å². The molecule has 0 saturated heterocycles. The number of para-hydroxylation sites is 3. The van der Waals surface area contributed by atoms with Crippen LogP contribution in [0.2, 0.25) is 0 Å². The smallest absolute Gasteiger partial charge is 0.159 e. The normalized spacial score (nSPS) is 15.1. The van der Waals surface area contributed by atoms with E-state index in [2.05, 4.69) is 187 Å². The minimum absolute atomic E-state index is 0.0438. The number of fused-ring (bicyclic) bond motifs is 11. The molecule has 8 aromatic rings. The number of anilines is 3. The van der Waals surface area contributed by atoms with Gasteiger partial charge in [0.1, 0.15) is 5.58 Å². The predicted octanol–water partition coefficient (Wildman–Crippen LogP) is 14.1. The Morgan fingerprint density at radius 3 is 1.90 bits per heavy atom. The summed E-state index contributed by atoms with van der Waals surface area (Å²) in [6, 6.07) is 49.5. The molecule has 0 saturated carbocycles. The van der Waals surface area contributed by atoms with Crippen LogP contribution in [0.4, 0.5) is 17.1 Å². The standard InChI is InChI=1S/C50H43NO/c1-48(2,3)40-21-13-19-35-36-20-14-22-44(47(36)52-46(35)40)51(31-16-9-8-10-17-31)32-24-25-34-37-28-43-38(29-42(37)50(6,7)41(34)27-32)45-33-18-12-11-15-30(33)23-26-39(45)49(43,4)5/h8-29H,1-7H3. The van der Waals surface area contributed by atoms with Crippen molar-refractivity contribution >= 4 is 49.8 Å². The van der Waals surface area contributed by atoms with Crippen LogP contribution in [-0.2, 0) is 16.2 Å². The molecule has 0 amide bonds. The van der Waals surface area contributed by atoms with Crippen LogP contribution in [0, 0.1) is 0 Å².